The van der Waals surface area contributed by atoms with Crippen molar-refractivity contribution in [1.82, 2.24) is 20.4 Å². The summed E-state index contributed by atoms with van der Waals surface area (Å²) in [5, 5.41) is 17.0. The summed E-state index contributed by atoms with van der Waals surface area (Å²) in [7, 11) is 3.13. The van der Waals surface area contributed by atoms with Crippen LogP contribution in [-0.4, -0.2) is 78.0 Å². The van der Waals surface area contributed by atoms with E-state index < -0.39 is 30.0 Å². The molecular formula is C31H35IN4O5. The van der Waals surface area contributed by atoms with Crippen molar-refractivity contribution in [2.75, 3.05) is 27.2 Å². The fourth-order valence-corrected chi connectivity index (χ4v) is 5.55. The number of carboxylic acid groups (broad SMARTS) is 1. The van der Waals surface area contributed by atoms with Gasteiger partial charge in [0.2, 0.25) is 11.8 Å². The number of benzene rings is 3. The highest BCUT2D eigenvalue weighted by Crippen LogP contribution is 2.20. The molecule has 4 amide bonds. The van der Waals surface area contributed by atoms with Crippen LogP contribution in [0, 0.1) is 9.49 Å². The number of nitrogens with zero attached hydrogens (tertiary/aromatic N) is 2. The van der Waals surface area contributed by atoms with Crippen LogP contribution in [0.4, 0.5) is 4.79 Å². The number of piperidine rings is 1. The van der Waals surface area contributed by atoms with Crippen LogP contribution in [0.1, 0.15) is 24.0 Å². The van der Waals surface area contributed by atoms with Crippen molar-refractivity contribution in [1.29, 1.82) is 0 Å². The molecule has 1 fully saturated rings. The molecule has 3 aromatic carbocycles. The lowest BCUT2D eigenvalue weighted by Crippen LogP contribution is -2.57. The SMILES string of the molecule is CNC(=O)C(Cc1ccc(I)cc1)N(C)C(=O)C(Cc1ccc2ccccc2c1)NC(=O)N1CCC(C(=O)O)CC1. The molecule has 4 rings (SSSR count). The number of rotatable bonds is 9. The zero-order valence-corrected chi connectivity index (χ0v) is 25.3. The van der Waals surface area contributed by atoms with E-state index in [4.69, 9.17) is 0 Å². The monoisotopic (exact) mass is 670 g/mol. The molecule has 0 radical (unpaired) electrons. The second-order valence-corrected chi connectivity index (χ2v) is 11.6. The van der Waals surface area contributed by atoms with Crippen LogP contribution in [0.3, 0.4) is 0 Å². The second-order valence-electron chi connectivity index (χ2n) is 10.4. The van der Waals surface area contributed by atoms with Gasteiger partial charge in [0.05, 0.1) is 5.92 Å². The van der Waals surface area contributed by atoms with Crippen molar-refractivity contribution in [3.05, 3.63) is 81.4 Å². The van der Waals surface area contributed by atoms with E-state index in [1.54, 1.807) is 11.9 Å². The predicted octanol–water partition coefficient (Wildman–Crippen LogP) is 3.68. The van der Waals surface area contributed by atoms with Gasteiger partial charge in [-0.05, 0) is 69.5 Å². The van der Waals surface area contributed by atoms with Gasteiger partial charge in [0.25, 0.3) is 0 Å². The van der Waals surface area contributed by atoms with Crippen LogP contribution in [0.5, 0.6) is 0 Å². The molecule has 3 N–H and O–H groups in total. The van der Waals surface area contributed by atoms with Crippen molar-refractivity contribution in [2.45, 2.75) is 37.8 Å². The van der Waals surface area contributed by atoms with Crippen LogP contribution in [-0.2, 0) is 27.2 Å². The van der Waals surface area contributed by atoms with Gasteiger partial charge in [-0.15, -0.1) is 0 Å². The third-order valence-electron chi connectivity index (χ3n) is 7.69. The van der Waals surface area contributed by atoms with Gasteiger partial charge >= 0.3 is 12.0 Å². The fraction of sp³-hybridized carbons (Fsp3) is 0.355. The van der Waals surface area contributed by atoms with Crippen molar-refractivity contribution in [3.8, 4) is 0 Å². The van der Waals surface area contributed by atoms with Gasteiger partial charge in [0.1, 0.15) is 12.1 Å². The third kappa shape index (κ3) is 7.75. The third-order valence-corrected chi connectivity index (χ3v) is 8.41. The molecule has 2 atom stereocenters. The lowest BCUT2D eigenvalue weighted by molar-refractivity contribution is -0.143. The standard InChI is InChI=1S/C31H35IN4O5/c1-33-28(37)27(19-20-8-11-25(32)12-9-20)35(2)29(38)26(18-21-7-10-22-5-3-4-6-24(22)17-21)34-31(41)36-15-13-23(14-16-36)30(39)40/h3-12,17,23,26-27H,13-16,18-19H2,1-2H3,(H,33,37)(H,34,41)(H,39,40). The van der Waals surface area contributed by atoms with Crippen LogP contribution in [0.25, 0.3) is 10.8 Å². The second kappa shape index (κ2) is 13.8. The molecule has 0 aromatic heterocycles. The topological polar surface area (TPSA) is 119 Å². The van der Waals surface area contributed by atoms with E-state index in [0.29, 0.717) is 32.4 Å². The number of hydrogen-bond acceptors (Lipinski definition) is 4. The molecule has 2 unspecified atom stereocenters. The number of aliphatic carboxylic acids is 1. The number of carbonyl (C=O) groups is 4. The van der Waals surface area contributed by atoms with E-state index in [9.17, 15) is 24.3 Å². The number of hydrogen-bond donors (Lipinski definition) is 3. The molecule has 1 aliphatic heterocycles. The lowest BCUT2D eigenvalue weighted by Gasteiger charge is -2.34. The Bertz CT molecular complexity index is 1410. The highest BCUT2D eigenvalue weighted by molar-refractivity contribution is 14.1. The number of carboxylic acids is 1. The zero-order chi connectivity index (χ0) is 29.5. The first-order valence-electron chi connectivity index (χ1n) is 13.6. The smallest absolute Gasteiger partial charge is 0.318 e. The Morgan fingerprint density at radius 1 is 0.951 bits per heavy atom. The maximum absolute atomic E-state index is 14.0. The number of halogens is 1. The Morgan fingerprint density at radius 3 is 2.22 bits per heavy atom. The van der Waals surface area contributed by atoms with Crippen LogP contribution in [0.2, 0.25) is 0 Å². The quantitative estimate of drug-likeness (QED) is 0.301. The number of likely N-dealkylation sites (N-methyl/N-ethyl adjacent to an activating group) is 2. The van der Waals surface area contributed by atoms with Crippen molar-refractivity contribution >= 4 is 57.2 Å². The fourth-order valence-electron chi connectivity index (χ4n) is 5.19. The summed E-state index contributed by atoms with van der Waals surface area (Å²) in [6.07, 6.45) is 1.27. The van der Waals surface area contributed by atoms with Crippen molar-refractivity contribution < 1.29 is 24.3 Å². The van der Waals surface area contributed by atoms with Crippen molar-refractivity contribution in [2.24, 2.45) is 5.92 Å². The summed E-state index contributed by atoms with van der Waals surface area (Å²) in [5.74, 6) is -2.02. The highest BCUT2D eigenvalue weighted by Gasteiger charge is 2.34. The van der Waals surface area contributed by atoms with E-state index in [0.717, 1.165) is 25.5 Å². The molecule has 1 heterocycles. The van der Waals surface area contributed by atoms with E-state index in [1.807, 2.05) is 66.7 Å². The van der Waals surface area contributed by atoms with Gasteiger partial charge in [-0.3, -0.25) is 14.4 Å². The van der Waals surface area contributed by atoms with Crippen molar-refractivity contribution in [3.63, 3.8) is 0 Å². The Morgan fingerprint density at radius 2 is 1.59 bits per heavy atom. The molecule has 1 saturated heterocycles. The number of amides is 4. The summed E-state index contributed by atoms with van der Waals surface area (Å²) in [6, 6.07) is 19.5. The first-order chi connectivity index (χ1) is 19.7. The Labute approximate surface area is 253 Å². The van der Waals surface area contributed by atoms with Gasteiger partial charge in [-0.2, -0.15) is 0 Å². The number of urea groups is 1. The summed E-state index contributed by atoms with van der Waals surface area (Å²) in [6.45, 7) is 0.590. The molecule has 41 heavy (non-hydrogen) atoms. The molecule has 216 valence electrons. The first kappa shape index (κ1) is 30.3. The highest BCUT2D eigenvalue weighted by atomic mass is 127. The van der Waals surface area contributed by atoms with Crippen LogP contribution in [0.15, 0.2) is 66.7 Å². The molecular weight excluding hydrogens is 635 g/mol. The lowest BCUT2D eigenvalue weighted by atomic mass is 9.97. The molecule has 9 nitrogen and oxygen atoms in total. The average Bonchev–Trinajstić information content (AvgIpc) is 2.99. The van der Waals surface area contributed by atoms with Gasteiger partial charge < -0.3 is 25.5 Å². The largest absolute Gasteiger partial charge is 0.481 e. The maximum Gasteiger partial charge on any atom is 0.318 e. The number of nitrogens with one attached hydrogen (secondary N) is 2. The first-order valence-corrected chi connectivity index (χ1v) is 14.7. The molecule has 0 bridgehead atoms. The van der Waals surface area contributed by atoms with Gasteiger partial charge in [0.15, 0.2) is 0 Å². The number of carbonyl (C=O) groups excluding carboxylic acids is 3. The maximum atomic E-state index is 14.0. The van der Waals surface area contributed by atoms with E-state index in [-0.39, 0.29) is 18.2 Å². The minimum atomic E-state index is -0.935. The Balaban J connectivity index is 1.57. The van der Waals surface area contributed by atoms with E-state index >= 15 is 0 Å². The normalized spacial score (nSPS) is 15.1. The van der Waals surface area contributed by atoms with Crippen LogP contribution >= 0.6 is 22.6 Å². The number of fused-ring (bicyclic) bond motifs is 1. The molecule has 10 heteroatoms. The van der Waals surface area contributed by atoms with E-state index in [1.165, 1.54) is 11.9 Å². The average molecular weight is 671 g/mol. The Hall–Kier alpha value is -3.67. The molecule has 0 spiro atoms. The summed E-state index contributed by atoms with van der Waals surface area (Å²) in [5.41, 5.74) is 1.78. The molecule has 1 aliphatic rings. The molecule has 0 saturated carbocycles. The summed E-state index contributed by atoms with van der Waals surface area (Å²) < 4.78 is 1.07. The minimum absolute atomic E-state index is 0.231. The van der Waals surface area contributed by atoms with Crippen LogP contribution < -0.4 is 10.6 Å². The zero-order valence-electron chi connectivity index (χ0n) is 23.2. The molecule has 0 aliphatic carbocycles. The summed E-state index contributed by atoms with van der Waals surface area (Å²) >= 11 is 2.22. The van der Waals surface area contributed by atoms with Gasteiger partial charge in [0, 0.05) is 43.6 Å². The van der Waals surface area contributed by atoms with Gasteiger partial charge in [-0.25, -0.2) is 4.79 Å². The molecule has 3 aromatic rings. The predicted molar refractivity (Wildman–Crippen MR) is 165 cm³/mol. The Kier molecular flexibility index (Phi) is 10.2. The number of likely N-dealkylation sites (tertiary alicyclic amines) is 1. The van der Waals surface area contributed by atoms with Gasteiger partial charge in [-0.1, -0.05) is 54.6 Å². The minimum Gasteiger partial charge on any atom is -0.481 e. The van der Waals surface area contributed by atoms with E-state index in [2.05, 4.69) is 33.2 Å². The summed E-state index contributed by atoms with van der Waals surface area (Å²) in [4.78, 5) is 54.6.